The number of oxime groups is 1. The third-order valence-electron chi connectivity index (χ3n) is 1.89. The third-order valence-corrected chi connectivity index (χ3v) is 3.01. The lowest BCUT2D eigenvalue weighted by molar-refractivity contribution is 0.318. The van der Waals surface area contributed by atoms with Crippen LogP contribution in [0.2, 0.25) is 0 Å². The summed E-state index contributed by atoms with van der Waals surface area (Å²) in [4.78, 5) is 4.28. The van der Waals surface area contributed by atoms with E-state index < -0.39 is 0 Å². The van der Waals surface area contributed by atoms with Crippen LogP contribution in [-0.4, -0.2) is 20.8 Å². The SMILES string of the molecule is Cc1ccnc(SC(C)(C)C)c1/C(N)=N/O. The van der Waals surface area contributed by atoms with Crippen LogP contribution in [0.15, 0.2) is 22.4 Å². The van der Waals surface area contributed by atoms with Gasteiger partial charge in [0.1, 0.15) is 5.03 Å². The maximum Gasteiger partial charge on any atom is 0.173 e. The number of nitrogens with zero attached hydrogens (tertiary/aromatic N) is 2. The number of rotatable bonds is 2. The second kappa shape index (κ2) is 4.74. The van der Waals surface area contributed by atoms with Crippen LogP contribution >= 0.6 is 11.8 Å². The van der Waals surface area contributed by atoms with Crippen molar-refractivity contribution in [1.29, 1.82) is 0 Å². The van der Waals surface area contributed by atoms with Gasteiger partial charge in [-0.1, -0.05) is 37.7 Å². The maximum absolute atomic E-state index is 8.76. The molecule has 0 aliphatic rings. The van der Waals surface area contributed by atoms with Crippen molar-refractivity contribution in [1.82, 2.24) is 4.98 Å². The van der Waals surface area contributed by atoms with Gasteiger partial charge in [-0.05, 0) is 18.6 Å². The second-order valence-electron chi connectivity index (χ2n) is 4.51. The van der Waals surface area contributed by atoms with Crippen molar-refractivity contribution in [2.45, 2.75) is 37.5 Å². The Labute approximate surface area is 99.9 Å². The van der Waals surface area contributed by atoms with Gasteiger partial charge in [0.2, 0.25) is 0 Å². The van der Waals surface area contributed by atoms with Crippen molar-refractivity contribution in [3.05, 3.63) is 23.4 Å². The van der Waals surface area contributed by atoms with E-state index in [0.717, 1.165) is 10.6 Å². The molecule has 0 amide bonds. The molecular weight excluding hydrogens is 222 g/mol. The first-order valence-corrected chi connectivity index (χ1v) is 5.79. The van der Waals surface area contributed by atoms with Crippen LogP contribution < -0.4 is 5.73 Å². The minimum Gasteiger partial charge on any atom is -0.409 e. The lowest BCUT2D eigenvalue weighted by atomic mass is 10.1. The highest BCUT2D eigenvalue weighted by Crippen LogP contribution is 2.33. The Bertz CT molecular complexity index is 410. The van der Waals surface area contributed by atoms with Gasteiger partial charge in [0.15, 0.2) is 5.84 Å². The molecule has 4 nitrogen and oxygen atoms in total. The van der Waals surface area contributed by atoms with Crippen LogP contribution in [0.25, 0.3) is 0 Å². The quantitative estimate of drug-likeness (QED) is 0.273. The summed E-state index contributed by atoms with van der Waals surface area (Å²) in [6.45, 7) is 8.20. The largest absolute Gasteiger partial charge is 0.409 e. The molecule has 88 valence electrons. The normalized spacial score (nSPS) is 12.9. The first-order chi connectivity index (χ1) is 7.35. The molecule has 0 unspecified atom stereocenters. The van der Waals surface area contributed by atoms with Gasteiger partial charge in [-0.15, -0.1) is 0 Å². The highest BCUT2D eigenvalue weighted by Gasteiger charge is 2.19. The zero-order valence-electron chi connectivity index (χ0n) is 9.98. The van der Waals surface area contributed by atoms with Gasteiger partial charge in [0.05, 0.1) is 5.56 Å². The zero-order chi connectivity index (χ0) is 12.3. The number of thioether (sulfide) groups is 1. The number of aromatic nitrogens is 1. The van der Waals surface area contributed by atoms with E-state index in [9.17, 15) is 0 Å². The fourth-order valence-corrected chi connectivity index (χ4v) is 2.32. The molecule has 0 atom stereocenters. The smallest absolute Gasteiger partial charge is 0.173 e. The molecule has 3 N–H and O–H groups in total. The average molecular weight is 239 g/mol. The van der Waals surface area contributed by atoms with Crippen molar-refractivity contribution < 1.29 is 5.21 Å². The number of pyridine rings is 1. The van der Waals surface area contributed by atoms with Gasteiger partial charge in [-0.2, -0.15) is 0 Å². The lowest BCUT2D eigenvalue weighted by Gasteiger charge is -2.19. The molecule has 5 heteroatoms. The topological polar surface area (TPSA) is 71.5 Å². The van der Waals surface area contributed by atoms with Crippen LogP contribution in [0.1, 0.15) is 31.9 Å². The molecule has 1 aromatic heterocycles. The minimum atomic E-state index is 0.0330. The van der Waals surface area contributed by atoms with E-state index >= 15 is 0 Å². The van der Waals surface area contributed by atoms with Crippen LogP contribution in [0, 0.1) is 6.92 Å². The van der Waals surface area contributed by atoms with E-state index in [1.54, 1.807) is 18.0 Å². The fourth-order valence-electron chi connectivity index (χ4n) is 1.26. The molecule has 0 aliphatic carbocycles. The van der Waals surface area contributed by atoms with Crippen LogP contribution in [0.3, 0.4) is 0 Å². The Balaban J connectivity index is 3.24. The Morgan fingerprint density at radius 2 is 2.12 bits per heavy atom. The average Bonchev–Trinajstić information content (AvgIpc) is 2.14. The molecule has 0 aromatic carbocycles. The van der Waals surface area contributed by atoms with E-state index in [4.69, 9.17) is 10.9 Å². The van der Waals surface area contributed by atoms with Crippen molar-refractivity contribution in [2.24, 2.45) is 10.9 Å². The first-order valence-electron chi connectivity index (χ1n) is 4.97. The Morgan fingerprint density at radius 1 is 1.50 bits per heavy atom. The summed E-state index contributed by atoms with van der Waals surface area (Å²) in [6, 6.07) is 1.85. The van der Waals surface area contributed by atoms with Crippen LogP contribution in [-0.2, 0) is 0 Å². The summed E-state index contributed by atoms with van der Waals surface area (Å²) < 4.78 is 0.0330. The first kappa shape index (κ1) is 12.8. The summed E-state index contributed by atoms with van der Waals surface area (Å²) in [7, 11) is 0. The van der Waals surface area contributed by atoms with Crippen molar-refractivity contribution in [2.75, 3.05) is 0 Å². The highest BCUT2D eigenvalue weighted by atomic mass is 32.2. The van der Waals surface area contributed by atoms with Gasteiger partial charge >= 0.3 is 0 Å². The Morgan fingerprint density at radius 3 is 2.62 bits per heavy atom. The molecule has 1 rings (SSSR count). The maximum atomic E-state index is 8.76. The van der Waals surface area contributed by atoms with Crippen molar-refractivity contribution in [3.63, 3.8) is 0 Å². The molecule has 0 saturated carbocycles. The zero-order valence-corrected chi connectivity index (χ0v) is 10.8. The van der Waals surface area contributed by atoms with Gasteiger partial charge < -0.3 is 10.9 Å². The predicted molar refractivity (Wildman–Crippen MR) is 67.1 cm³/mol. The molecular formula is C11H17N3OS. The van der Waals surface area contributed by atoms with Crippen molar-refractivity contribution >= 4 is 17.6 Å². The van der Waals surface area contributed by atoms with Gasteiger partial charge in [0.25, 0.3) is 0 Å². The lowest BCUT2D eigenvalue weighted by Crippen LogP contribution is -2.18. The molecule has 0 aliphatic heterocycles. The molecule has 0 spiro atoms. The van der Waals surface area contributed by atoms with E-state index in [1.807, 2.05) is 13.0 Å². The Kier molecular flexibility index (Phi) is 3.80. The molecule has 1 heterocycles. The minimum absolute atomic E-state index is 0.0330. The predicted octanol–water partition coefficient (Wildman–Crippen LogP) is 2.38. The summed E-state index contributed by atoms with van der Waals surface area (Å²) in [5.74, 6) is 0.109. The molecule has 1 aromatic rings. The number of aryl methyl sites for hydroxylation is 1. The van der Waals surface area contributed by atoms with Gasteiger partial charge in [-0.3, -0.25) is 0 Å². The van der Waals surface area contributed by atoms with E-state index in [2.05, 4.69) is 30.9 Å². The number of amidine groups is 1. The number of nitrogens with two attached hydrogens (primary N) is 1. The molecule has 16 heavy (non-hydrogen) atoms. The fraction of sp³-hybridized carbons (Fsp3) is 0.455. The molecule has 0 fully saturated rings. The van der Waals surface area contributed by atoms with Crippen LogP contribution in [0.4, 0.5) is 0 Å². The molecule has 0 radical (unpaired) electrons. The molecule has 0 bridgehead atoms. The van der Waals surface area contributed by atoms with E-state index in [1.165, 1.54) is 0 Å². The van der Waals surface area contributed by atoms with Gasteiger partial charge in [-0.25, -0.2) is 4.98 Å². The highest BCUT2D eigenvalue weighted by molar-refractivity contribution is 8.00. The number of hydrogen-bond acceptors (Lipinski definition) is 4. The van der Waals surface area contributed by atoms with Crippen molar-refractivity contribution in [3.8, 4) is 0 Å². The van der Waals surface area contributed by atoms with E-state index in [0.29, 0.717) is 5.56 Å². The van der Waals surface area contributed by atoms with Gasteiger partial charge in [0, 0.05) is 10.9 Å². The summed E-state index contributed by atoms with van der Waals surface area (Å²) in [6.07, 6.45) is 1.73. The van der Waals surface area contributed by atoms with Crippen LogP contribution in [0.5, 0.6) is 0 Å². The Hall–Kier alpha value is -1.23. The summed E-state index contributed by atoms with van der Waals surface area (Å²) >= 11 is 1.60. The van der Waals surface area contributed by atoms with E-state index in [-0.39, 0.29) is 10.6 Å². The number of hydrogen-bond donors (Lipinski definition) is 2. The third kappa shape index (κ3) is 3.13. The standard InChI is InChI=1S/C11H17N3OS/c1-7-5-6-13-10(16-11(2,3)4)8(7)9(12)14-15/h5-6,15H,1-4H3,(H2,12,14). The monoisotopic (exact) mass is 239 g/mol. The molecule has 0 saturated heterocycles. The second-order valence-corrected chi connectivity index (χ2v) is 6.32. The summed E-state index contributed by atoms with van der Waals surface area (Å²) in [5.41, 5.74) is 7.33. The summed E-state index contributed by atoms with van der Waals surface area (Å²) in [5, 5.41) is 12.6.